The Morgan fingerprint density at radius 2 is 1.97 bits per heavy atom. The second-order valence-corrected chi connectivity index (χ2v) is 8.84. The molecule has 2 aromatic heterocycles. The van der Waals surface area contributed by atoms with Gasteiger partial charge in [0, 0.05) is 53.5 Å². The zero-order valence-corrected chi connectivity index (χ0v) is 18.1. The summed E-state index contributed by atoms with van der Waals surface area (Å²) in [6, 6.07) is 14.5. The lowest BCUT2D eigenvalue weighted by Crippen LogP contribution is -2.31. The van der Waals surface area contributed by atoms with E-state index < -0.39 is 0 Å². The number of benzene rings is 2. The molecule has 2 aromatic carbocycles. The maximum Gasteiger partial charge on any atom is 0.159 e. The fourth-order valence-corrected chi connectivity index (χ4v) is 4.29. The van der Waals surface area contributed by atoms with E-state index in [0.29, 0.717) is 5.92 Å². The molecule has 1 aliphatic heterocycles. The highest BCUT2D eigenvalue weighted by molar-refractivity contribution is 6.30. The maximum atomic E-state index is 6.02. The second kappa shape index (κ2) is 7.86. The van der Waals surface area contributed by atoms with E-state index >= 15 is 0 Å². The Morgan fingerprint density at radius 3 is 2.77 bits per heavy atom. The molecule has 0 atom stereocenters. The summed E-state index contributed by atoms with van der Waals surface area (Å²) in [4.78, 5) is 15.4. The SMILES string of the molecule is CC(C)c1ccc2c(CN3CCc4cnc(-c5ccc(Cl)cc5)nc4C3)c[nH]c2c1. The normalized spacial score (nSPS) is 14.4. The molecule has 0 saturated heterocycles. The van der Waals surface area contributed by atoms with Crippen LogP contribution in [0.25, 0.3) is 22.3 Å². The molecule has 0 fully saturated rings. The fraction of sp³-hybridized carbons (Fsp3) is 0.280. The van der Waals surface area contributed by atoms with Crippen LogP contribution in [0.2, 0.25) is 5.02 Å². The molecule has 1 aliphatic rings. The third kappa shape index (κ3) is 3.73. The number of rotatable bonds is 4. The maximum absolute atomic E-state index is 6.02. The third-order valence-electron chi connectivity index (χ3n) is 5.98. The molecule has 0 spiro atoms. The lowest BCUT2D eigenvalue weighted by Gasteiger charge is -2.27. The summed E-state index contributed by atoms with van der Waals surface area (Å²) in [7, 11) is 0. The standard InChI is InChI=1S/C25H25ClN4/c1-16(2)18-5-8-22-20(13-27-23(22)11-18)14-30-10-9-19-12-28-25(29-24(19)15-30)17-3-6-21(26)7-4-17/h3-8,11-13,16,27H,9-10,14-15H2,1-2H3. The first-order valence-electron chi connectivity index (χ1n) is 10.5. The predicted octanol–water partition coefficient (Wildman–Crippen LogP) is 5.96. The molecule has 152 valence electrons. The Bertz CT molecular complexity index is 1190. The van der Waals surface area contributed by atoms with Crippen LogP contribution in [-0.2, 0) is 19.5 Å². The summed E-state index contributed by atoms with van der Waals surface area (Å²) in [5, 5.41) is 2.04. The van der Waals surface area contributed by atoms with Gasteiger partial charge in [0.1, 0.15) is 0 Å². The number of hydrogen-bond acceptors (Lipinski definition) is 3. The summed E-state index contributed by atoms with van der Waals surface area (Å²) in [6.07, 6.45) is 5.13. The average Bonchev–Trinajstić information content (AvgIpc) is 3.15. The molecule has 0 amide bonds. The van der Waals surface area contributed by atoms with Gasteiger partial charge in [-0.3, -0.25) is 4.90 Å². The van der Waals surface area contributed by atoms with Crippen molar-refractivity contribution in [2.75, 3.05) is 6.54 Å². The molecule has 0 unspecified atom stereocenters. The van der Waals surface area contributed by atoms with Gasteiger partial charge in [-0.05, 0) is 59.4 Å². The molecule has 0 bridgehead atoms. The van der Waals surface area contributed by atoms with Gasteiger partial charge in [0.2, 0.25) is 0 Å². The monoisotopic (exact) mass is 416 g/mol. The highest BCUT2D eigenvalue weighted by Gasteiger charge is 2.20. The third-order valence-corrected chi connectivity index (χ3v) is 6.23. The predicted molar refractivity (Wildman–Crippen MR) is 123 cm³/mol. The molecule has 4 nitrogen and oxygen atoms in total. The second-order valence-electron chi connectivity index (χ2n) is 8.41. The minimum atomic E-state index is 0.536. The number of nitrogens with zero attached hydrogens (tertiary/aromatic N) is 3. The van der Waals surface area contributed by atoms with E-state index in [1.165, 1.54) is 27.6 Å². The van der Waals surface area contributed by atoms with Gasteiger partial charge in [-0.15, -0.1) is 0 Å². The average molecular weight is 417 g/mol. The molecule has 5 rings (SSSR count). The van der Waals surface area contributed by atoms with Crippen molar-refractivity contribution in [2.45, 2.75) is 39.3 Å². The van der Waals surface area contributed by atoms with Gasteiger partial charge in [-0.2, -0.15) is 0 Å². The van der Waals surface area contributed by atoms with Crippen LogP contribution in [0.5, 0.6) is 0 Å². The van der Waals surface area contributed by atoms with Crippen LogP contribution in [0.4, 0.5) is 0 Å². The number of fused-ring (bicyclic) bond motifs is 2. The first-order chi connectivity index (χ1) is 14.6. The first-order valence-corrected chi connectivity index (χ1v) is 10.9. The number of H-pyrrole nitrogens is 1. The Morgan fingerprint density at radius 1 is 1.13 bits per heavy atom. The molecule has 1 N–H and O–H groups in total. The zero-order valence-electron chi connectivity index (χ0n) is 17.3. The van der Waals surface area contributed by atoms with Crippen molar-refractivity contribution in [3.05, 3.63) is 82.3 Å². The van der Waals surface area contributed by atoms with Crippen LogP contribution in [0, 0.1) is 0 Å². The molecule has 30 heavy (non-hydrogen) atoms. The Balaban J connectivity index is 1.37. The summed E-state index contributed by atoms with van der Waals surface area (Å²) < 4.78 is 0. The van der Waals surface area contributed by atoms with Crippen LogP contribution >= 0.6 is 11.6 Å². The van der Waals surface area contributed by atoms with Gasteiger partial charge in [0.05, 0.1) is 5.69 Å². The zero-order chi connectivity index (χ0) is 20.7. The molecule has 3 heterocycles. The summed E-state index contributed by atoms with van der Waals surface area (Å²) in [5.41, 5.74) is 7.32. The lowest BCUT2D eigenvalue weighted by atomic mass is 10.0. The Labute approximate surface area is 181 Å². The van der Waals surface area contributed by atoms with Gasteiger partial charge in [0.25, 0.3) is 0 Å². The van der Waals surface area contributed by atoms with E-state index in [2.05, 4.69) is 53.1 Å². The number of aromatic amines is 1. The molecular formula is C25H25ClN4. The fourth-order valence-electron chi connectivity index (χ4n) is 4.16. The van der Waals surface area contributed by atoms with E-state index in [1.807, 2.05) is 30.5 Å². The molecule has 0 radical (unpaired) electrons. The van der Waals surface area contributed by atoms with Crippen molar-refractivity contribution in [3.8, 4) is 11.4 Å². The van der Waals surface area contributed by atoms with Crippen molar-refractivity contribution in [1.29, 1.82) is 0 Å². The van der Waals surface area contributed by atoms with E-state index in [4.69, 9.17) is 16.6 Å². The quantitative estimate of drug-likeness (QED) is 0.446. The molecule has 4 aromatic rings. The van der Waals surface area contributed by atoms with Gasteiger partial charge in [-0.25, -0.2) is 9.97 Å². The number of nitrogens with one attached hydrogen (secondary N) is 1. The van der Waals surface area contributed by atoms with Gasteiger partial charge >= 0.3 is 0 Å². The Hall–Kier alpha value is -2.69. The molecule has 0 aliphatic carbocycles. The van der Waals surface area contributed by atoms with Crippen LogP contribution in [0.1, 0.15) is 42.1 Å². The van der Waals surface area contributed by atoms with E-state index in [0.717, 1.165) is 48.2 Å². The first kappa shape index (κ1) is 19.3. The van der Waals surface area contributed by atoms with Gasteiger partial charge in [-0.1, -0.05) is 37.6 Å². The summed E-state index contributed by atoms with van der Waals surface area (Å²) in [6.45, 7) is 7.25. The van der Waals surface area contributed by atoms with Gasteiger partial charge in [0.15, 0.2) is 5.82 Å². The molecule has 0 saturated carbocycles. The van der Waals surface area contributed by atoms with Crippen molar-refractivity contribution in [3.63, 3.8) is 0 Å². The van der Waals surface area contributed by atoms with E-state index in [1.54, 1.807) is 0 Å². The van der Waals surface area contributed by atoms with Crippen molar-refractivity contribution >= 4 is 22.5 Å². The number of hydrogen-bond donors (Lipinski definition) is 1. The molecular weight excluding hydrogens is 392 g/mol. The lowest BCUT2D eigenvalue weighted by molar-refractivity contribution is 0.242. The van der Waals surface area contributed by atoms with E-state index in [-0.39, 0.29) is 0 Å². The van der Waals surface area contributed by atoms with Crippen LogP contribution in [0.3, 0.4) is 0 Å². The molecule has 5 heteroatoms. The number of aromatic nitrogens is 3. The smallest absolute Gasteiger partial charge is 0.159 e. The Kier molecular flexibility index (Phi) is 5.05. The van der Waals surface area contributed by atoms with E-state index in [9.17, 15) is 0 Å². The minimum Gasteiger partial charge on any atom is -0.361 e. The minimum absolute atomic E-state index is 0.536. The topological polar surface area (TPSA) is 44.8 Å². The highest BCUT2D eigenvalue weighted by Crippen LogP contribution is 2.27. The van der Waals surface area contributed by atoms with Crippen molar-refractivity contribution in [2.24, 2.45) is 0 Å². The van der Waals surface area contributed by atoms with Gasteiger partial charge < -0.3 is 4.98 Å². The highest BCUT2D eigenvalue weighted by atomic mass is 35.5. The summed E-state index contributed by atoms with van der Waals surface area (Å²) >= 11 is 6.02. The number of halogens is 1. The van der Waals surface area contributed by atoms with Crippen LogP contribution in [-0.4, -0.2) is 26.4 Å². The van der Waals surface area contributed by atoms with Crippen LogP contribution in [0.15, 0.2) is 54.9 Å². The summed E-state index contributed by atoms with van der Waals surface area (Å²) in [5.74, 6) is 1.30. The largest absolute Gasteiger partial charge is 0.361 e. The van der Waals surface area contributed by atoms with Crippen molar-refractivity contribution < 1.29 is 0 Å². The van der Waals surface area contributed by atoms with Crippen LogP contribution < -0.4 is 0 Å². The van der Waals surface area contributed by atoms with Crippen molar-refractivity contribution in [1.82, 2.24) is 19.9 Å².